The Hall–Kier alpha value is -1.95. The summed E-state index contributed by atoms with van der Waals surface area (Å²) in [6, 6.07) is 0. The summed E-state index contributed by atoms with van der Waals surface area (Å²) in [6.45, 7) is -0.349. The van der Waals surface area contributed by atoms with E-state index >= 15 is 0 Å². The lowest BCUT2D eigenvalue weighted by Crippen LogP contribution is -2.33. The van der Waals surface area contributed by atoms with E-state index in [1.807, 2.05) is 0 Å². The van der Waals surface area contributed by atoms with Crippen LogP contribution in [-0.2, 0) is 14.4 Å². The second kappa shape index (κ2) is 4.52. The maximum Gasteiger partial charge on any atom is 0.259 e. The van der Waals surface area contributed by atoms with E-state index in [0.717, 1.165) is 12.2 Å². The number of nitrogens with one attached hydrogen (secondary N) is 1. The van der Waals surface area contributed by atoms with Gasteiger partial charge in [0.1, 0.15) is 5.57 Å². The average Bonchev–Trinajstić information content (AvgIpc) is 2.21. The number of carbonyl (C=O) groups excluding carboxylic acids is 3. The Bertz CT molecular complexity index is 380. The van der Waals surface area contributed by atoms with Gasteiger partial charge in [-0.15, -0.1) is 0 Å². The molecule has 0 heterocycles. The number of hydrogen-bond donors (Lipinski definition) is 3. The number of aliphatic hydroxyl groups excluding tert-OH is 2. The SMILES string of the molecule is O=C1C=CC(=O)C(C(=O)NCCO)=C1O. The molecule has 15 heavy (non-hydrogen) atoms. The van der Waals surface area contributed by atoms with Crippen molar-refractivity contribution in [3.8, 4) is 0 Å². The lowest BCUT2D eigenvalue weighted by Gasteiger charge is -2.09. The third-order valence-electron chi connectivity index (χ3n) is 1.73. The molecule has 0 spiro atoms. The van der Waals surface area contributed by atoms with Crippen LogP contribution in [0.15, 0.2) is 23.5 Å². The van der Waals surface area contributed by atoms with Crippen LogP contribution in [0.1, 0.15) is 0 Å². The minimum atomic E-state index is -0.871. The molecule has 0 aromatic heterocycles. The molecular formula is C9H9NO5. The van der Waals surface area contributed by atoms with Crippen molar-refractivity contribution in [1.82, 2.24) is 5.32 Å². The lowest BCUT2D eigenvalue weighted by atomic mass is 10.0. The molecule has 0 aliphatic heterocycles. The normalized spacial score (nSPS) is 15.8. The summed E-state index contributed by atoms with van der Waals surface area (Å²) in [7, 11) is 0. The van der Waals surface area contributed by atoms with Crippen molar-refractivity contribution in [2.24, 2.45) is 0 Å². The van der Waals surface area contributed by atoms with Crippen molar-refractivity contribution in [2.45, 2.75) is 0 Å². The van der Waals surface area contributed by atoms with Gasteiger partial charge in [0.05, 0.1) is 6.61 Å². The fraction of sp³-hybridized carbons (Fsp3) is 0.222. The maximum absolute atomic E-state index is 11.3. The molecule has 6 heteroatoms. The Kier molecular flexibility index (Phi) is 3.35. The van der Waals surface area contributed by atoms with Gasteiger partial charge < -0.3 is 15.5 Å². The van der Waals surface area contributed by atoms with E-state index in [-0.39, 0.29) is 13.2 Å². The highest BCUT2D eigenvalue weighted by molar-refractivity contribution is 6.31. The second-order valence-corrected chi connectivity index (χ2v) is 2.76. The van der Waals surface area contributed by atoms with Crippen LogP contribution in [-0.4, -0.2) is 40.8 Å². The maximum atomic E-state index is 11.3. The topological polar surface area (TPSA) is 104 Å². The van der Waals surface area contributed by atoms with Crippen molar-refractivity contribution in [3.05, 3.63) is 23.5 Å². The molecule has 1 amide bonds. The van der Waals surface area contributed by atoms with E-state index < -0.39 is 28.8 Å². The van der Waals surface area contributed by atoms with Crippen molar-refractivity contribution in [1.29, 1.82) is 0 Å². The zero-order valence-electron chi connectivity index (χ0n) is 7.69. The Morgan fingerprint density at radius 2 is 1.87 bits per heavy atom. The van der Waals surface area contributed by atoms with E-state index in [4.69, 9.17) is 5.11 Å². The molecule has 0 saturated heterocycles. The van der Waals surface area contributed by atoms with Crippen LogP contribution in [0.25, 0.3) is 0 Å². The smallest absolute Gasteiger partial charge is 0.259 e. The summed E-state index contributed by atoms with van der Waals surface area (Å²) in [5.41, 5.74) is -0.587. The van der Waals surface area contributed by atoms with Crippen LogP contribution in [0.5, 0.6) is 0 Å². The summed E-state index contributed by atoms with van der Waals surface area (Å²) in [6.07, 6.45) is 1.80. The minimum absolute atomic E-state index is 0.0548. The molecule has 0 aromatic rings. The van der Waals surface area contributed by atoms with Gasteiger partial charge in [0, 0.05) is 6.54 Å². The molecule has 1 rings (SSSR count). The van der Waals surface area contributed by atoms with E-state index in [9.17, 15) is 19.5 Å². The van der Waals surface area contributed by atoms with Gasteiger partial charge in [-0.3, -0.25) is 14.4 Å². The largest absolute Gasteiger partial charge is 0.503 e. The molecule has 3 N–H and O–H groups in total. The highest BCUT2D eigenvalue weighted by atomic mass is 16.3. The van der Waals surface area contributed by atoms with E-state index in [0.29, 0.717) is 0 Å². The lowest BCUT2D eigenvalue weighted by molar-refractivity contribution is -0.123. The Morgan fingerprint density at radius 1 is 1.27 bits per heavy atom. The van der Waals surface area contributed by atoms with Gasteiger partial charge in [-0.05, 0) is 12.2 Å². The summed E-state index contributed by atoms with van der Waals surface area (Å²) >= 11 is 0. The average molecular weight is 211 g/mol. The van der Waals surface area contributed by atoms with Gasteiger partial charge in [0.2, 0.25) is 5.78 Å². The van der Waals surface area contributed by atoms with Crippen LogP contribution < -0.4 is 5.32 Å². The highest BCUT2D eigenvalue weighted by Crippen LogP contribution is 2.11. The van der Waals surface area contributed by atoms with Gasteiger partial charge in [-0.1, -0.05) is 0 Å². The predicted octanol–water partition coefficient (Wildman–Crippen LogP) is -1.39. The second-order valence-electron chi connectivity index (χ2n) is 2.76. The van der Waals surface area contributed by atoms with Crippen LogP contribution in [0, 0.1) is 0 Å². The molecule has 0 saturated carbocycles. The van der Waals surface area contributed by atoms with Gasteiger partial charge in [0.25, 0.3) is 5.91 Å². The van der Waals surface area contributed by atoms with Crippen molar-refractivity contribution in [3.63, 3.8) is 0 Å². The van der Waals surface area contributed by atoms with E-state index in [1.54, 1.807) is 0 Å². The monoisotopic (exact) mass is 211 g/mol. The van der Waals surface area contributed by atoms with Crippen molar-refractivity contribution in [2.75, 3.05) is 13.2 Å². The molecule has 1 aliphatic rings. The Morgan fingerprint density at radius 3 is 2.47 bits per heavy atom. The number of hydrogen-bond acceptors (Lipinski definition) is 5. The number of rotatable bonds is 3. The van der Waals surface area contributed by atoms with Crippen LogP contribution in [0.2, 0.25) is 0 Å². The molecule has 0 bridgehead atoms. The molecule has 6 nitrogen and oxygen atoms in total. The number of aliphatic hydroxyl groups is 2. The molecule has 0 unspecified atom stereocenters. The first-order valence-electron chi connectivity index (χ1n) is 4.17. The standard InChI is InChI=1S/C9H9NO5/c11-4-3-10-9(15)7-5(12)1-2-6(13)8(7)14/h1-2,11,14H,3-4H2,(H,10,15). The van der Waals surface area contributed by atoms with Crippen molar-refractivity contribution < 1.29 is 24.6 Å². The van der Waals surface area contributed by atoms with Crippen molar-refractivity contribution >= 4 is 17.5 Å². The number of amides is 1. The minimum Gasteiger partial charge on any atom is -0.503 e. The third kappa shape index (κ3) is 2.29. The molecule has 0 atom stereocenters. The fourth-order valence-electron chi connectivity index (χ4n) is 1.03. The summed E-state index contributed by atoms with van der Waals surface area (Å²) < 4.78 is 0. The molecule has 0 radical (unpaired) electrons. The molecule has 0 fully saturated rings. The molecule has 1 aliphatic carbocycles. The first-order chi connectivity index (χ1) is 7.07. The molecule has 0 aromatic carbocycles. The third-order valence-corrected chi connectivity index (χ3v) is 1.73. The summed E-state index contributed by atoms with van der Waals surface area (Å²) in [5.74, 6) is -3.26. The first kappa shape index (κ1) is 11.1. The Labute approximate surface area is 84.9 Å². The summed E-state index contributed by atoms with van der Waals surface area (Å²) in [5, 5.41) is 19.8. The number of allylic oxidation sites excluding steroid dienone is 2. The van der Waals surface area contributed by atoms with Gasteiger partial charge in [0.15, 0.2) is 11.5 Å². The van der Waals surface area contributed by atoms with Gasteiger partial charge >= 0.3 is 0 Å². The van der Waals surface area contributed by atoms with E-state index in [1.165, 1.54) is 0 Å². The predicted molar refractivity (Wildman–Crippen MR) is 48.9 cm³/mol. The Balaban J connectivity index is 2.91. The first-order valence-corrected chi connectivity index (χ1v) is 4.17. The van der Waals surface area contributed by atoms with Gasteiger partial charge in [-0.25, -0.2) is 0 Å². The van der Waals surface area contributed by atoms with Crippen LogP contribution in [0.4, 0.5) is 0 Å². The highest BCUT2D eigenvalue weighted by Gasteiger charge is 2.27. The zero-order chi connectivity index (χ0) is 11.4. The number of ketones is 2. The zero-order valence-corrected chi connectivity index (χ0v) is 7.69. The van der Waals surface area contributed by atoms with Crippen LogP contribution >= 0.6 is 0 Å². The fourth-order valence-corrected chi connectivity index (χ4v) is 1.03. The summed E-state index contributed by atoms with van der Waals surface area (Å²) in [4.78, 5) is 33.4. The number of carbonyl (C=O) groups is 3. The molecular weight excluding hydrogens is 202 g/mol. The van der Waals surface area contributed by atoms with Crippen LogP contribution in [0.3, 0.4) is 0 Å². The quantitative estimate of drug-likeness (QED) is 0.394. The molecule has 80 valence electrons. The van der Waals surface area contributed by atoms with E-state index in [2.05, 4.69) is 5.32 Å². The van der Waals surface area contributed by atoms with Gasteiger partial charge in [-0.2, -0.15) is 0 Å².